The van der Waals surface area contributed by atoms with Crippen LogP contribution in [0.4, 0.5) is 0 Å². The number of methoxy groups -OCH3 is 1. The Morgan fingerprint density at radius 1 is 1.03 bits per heavy atom. The number of nitrogens with one attached hydrogen (secondary N) is 1. The highest BCUT2D eigenvalue weighted by Crippen LogP contribution is 2.33. The summed E-state index contributed by atoms with van der Waals surface area (Å²) in [7, 11) is 1.61. The topological polar surface area (TPSA) is 67.9 Å². The van der Waals surface area contributed by atoms with Crippen molar-refractivity contribution < 1.29 is 19.1 Å². The van der Waals surface area contributed by atoms with E-state index in [2.05, 4.69) is 21.2 Å². The Balaban J connectivity index is 1.81. The molecule has 3 aromatic rings. The van der Waals surface area contributed by atoms with Gasteiger partial charge in [-0.2, -0.15) is 0 Å². The second-order valence-corrected chi connectivity index (χ2v) is 8.77. The van der Waals surface area contributed by atoms with Crippen molar-refractivity contribution in [2.45, 2.75) is 39.3 Å². The highest BCUT2D eigenvalue weighted by Gasteiger charge is 2.29. The second-order valence-electron chi connectivity index (χ2n) is 7.97. The summed E-state index contributed by atoms with van der Waals surface area (Å²) in [4.78, 5) is 27.8. The van der Waals surface area contributed by atoms with Crippen molar-refractivity contribution in [3.05, 3.63) is 70.7 Å². The maximum atomic E-state index is 13.4. The number of nitrogens with zero attached hydrogens (tertiary/aromatic N) is 1. The van der Waals surface area contributed by atoms with E-state index in [9.17, 15) is 9.59 Å². The molecule has 0 bridgehead atoms. The van der Waals surface area contributed by atoms with Crippen LogP contribution in [0.5, 0.6) is 11.5 Å². The average molecular weight is 527 g/mol. The predicted molar refractivity (Wildman–Crippen MR) is 138 cm³/mol. The molecular formula is C27H31BrN2O4. The molecule has 2 amide bonds. The van der Waals surface area contributed by atoms with Crippen LogP contribution in [0.2, 0.25) is 0 Å². The van der Waals surface area contributed by atoms with E-state index >= 15 is 0 Å². The molecule has 0 aliphatic rings. The molecule has 0 unspecified atom stereocenters. The van der Waals surface area contributed by atoms with E-state index in [1.54, 1.807) is 12.0 Å². The van der Waals surface area contributed by atoms with Crippen LogP contribution in [0.15, 0.2) is 65.1 Å². The molecule has 7 heteroatoms. The van der Waals surface area contributed by atoms with Crippen LogP contribution in [0.25, 0.3) is 10.8 Å². The van der Waals surface area contributed by atoms with Crippen molar-refractivity contribution in [3.8, 4) is 11.5 Å². The normalized spacial score (nSPS) is 11.6. The smallest absolute Gasteiger partial charge is 0.261 e. The Labute approximate surface area is 209 Å². The molecular weight excluding hydrogens is 496 g/mol. The third-order valence-electron chi connectivity index (χ3n) is 5.63. The average Bonchev–Trinajstić information content (AvgIpc) is 2.87. The number of benzene rings is 3. The Hall–Kier alpha value is -3.06. The summed E-state index contributed by atoms with van der Waals surface area (Å²) in [6.07, 6.45) is 1.32. The molecule has 0 fully saturated rings. The molecule has 0 aliphatic carbocycles. The summed E-state index contributed by atoms with van der Waals surface area (Å²) in [6, 6.07) is 18.7. The molecule has 0 heterocycles. The molecule has 0 spiro atoms. The van der Waals surface area contributed by atoms with E-state index < -0.39 is 6.04 Å². The maximum absolute atomic E-state index is 13.4. The van der Waals surface area contributed by atoms with Gasteiger partial charge in [0.25, 0.3) is 5.91 Å². The molecule has 0 saturated heterocycles. The van der Waals surface area contributed by atoms with Gasteiger partial charge in [-0.25, -0.2) is 0 Å². The number of rotatable bonds is 11. The molecule has 6 nitrogen and oxygen atoms in total. The lowest BCUT2D eigenvalue weighted by molar-refractivity contribution is -0.143. The molecule has 1 N–H and O–H groups in total. The van der Waals surface area contributed by atoms with Gasteiger partial charge in [0.15, 0.2) is 6.61 Å². The first kappa shape index (κ1) is 25.6. The number of amides is 2. The third-order valence-corrected chi connectivity index (χ3v) is 6.44. The zero-order chi connectivity index (χ0) is 24.5. The zero-order valence-electron chi connectivity index (χ0n) is 19.8. The van der Waals surface area contributed by atoms with Gasteiger partial charge in [0.1, 0.15) is 17.5 Å². The van der Waals surface area contributed by atoms with Gasteiger partial charge in [-0.05, 0) is 63.3 Å². The number of ether oxygens (including phenoxy) is 2. The van der Waals surface area contributed by atoms with E-state index in [0.717, 1.165) is 33.0 Å². The molecule has 180 valence electrons. The molecule has 0 saturated carbocycles. The summed E-state index contributed by atoms with van der Waals surface area (Å²) in [6.45, 7) is 4.59. The van der Waals surface area contributed by atoms with E-state index in [4.69, 9.17) is 9.47 Å². The van der Waals surface area contributed by atoms with Gasteiger partial charge in [-0.1, -0.05) is 56.3 Å². The van der Waals surface area contributed by atoms with Crippen molar-refractivity contribution in [3.63, 3.8) is 0 Å². The van der Waals surface area contributed by atoms with Crippen LogP contribution in [-0.4, -0.2) is 43.0 Å². The number of hydrogen-bond acceptors (Lipinski definition) is 4. The van der Waals surface area contributed by atoms with E-state index in [1.165, 1.54) is 0 Å². The van der Waals surface area contributed by atoms with Crippen molar-refractivity contribution in [1.29, 1.82) is 0 Å². The fourth-order valence-electron chi connectivity index (χ4n) is 3.76. The molecule has 0 radical (unpaired) electrons. The Kier molecular flexibility index (Phi) is 9.33. The zero-order valence-corrected chi connectivity index (χ0v) is 21.4. The summed E-state index contributed by atoms with van der Waals surface area (Å²) in [5.74, 6) is 0.909. The standard InChI is InChI=1S/C27H31BrN2O4/c1-4-16-29-27(32)23(5-2)30(17-19-10-13-21(33-3)14-11-19)25(31)18-34-24-15-12-20-8-6-7-9-22(20)26(24)28/h6-15,23H,4-5,16-18H2,1-3H3,(H,29,32)/t23-/m0/s1. The highest BCUT2D eigenvalue weighted by atomic mass is 79.9. The maximum Gasteiger partial charge on any atom is 0.261 e. The summed E-state index contributed by atoms with van der Waals surface area (Å²) < 4.78 is 12.0. The minimum absolute atomic E-state index is 0.155. The van der Waals surface area contributed by atoms with Crippen molar-refractivity contribution in [2.75, 3.05) is 20.3 Å². The van der Waals surface area contributed by atoms with Gasteiger partial charge in [0.2, 0.25) is 5.91 Å². The molecule has 3 rings (SSSR count). The lowest BCUT2D eigenvalue weighted by Crippen LogP contribution is -2.50. The minimum atomic E-state index is -0.593. The van der Waals surface area contributed by atoms with Crippen LogP contribution in [0.3, 0.4) is 0 Å². The van der Waals surface area contributed by atoms with Crippen LogP contribution in [-0.2, 0) is 16.1 Å². The second kappa shape index (κ2) is 12.4. The number of halogens is 1. The quantitative estimate of drug-likeness (QED) is 0.367. The Bertz CT molecular complexity index is 1120. The van der Waals surface area contributed by atoms with Crippen LogP contribution >= 0.6 is 15.9 Å². The Morgan fingerprint density at radius 3 is 2.44 bits per heavy atom. The van der Waals surface area contributed by atoms with Crippen molar-refractivity contribution in [1.82, 2.24) is 10.2 Å². The predicted octanol–water partition coefficient (Wildman–Crippen LogP) is 5.32. The van der Waals surface area contributed by atoms with Crippen molar-refractivity contribution >= 4 is 38.5 Å². The summed E-state index contributed by atoms with van der Waals surface area (Å²) >= 11 is 3.60. The lowest BCUT2D eigenvalue weighted by Gasteiger charge is -2.30. The van der Waals surface area contributed by atoms with Gasteiger partial charge < -0.3 is 19.7 Å². The van der Waals surface area contributed by atoms with Gasteiger partial charge in [0.05, 0.1) is 11.6 Å². The first-order valence-electron chi connectivity index (χ1n) is 11.5. The fourth-order valence-corrected chi connectivity index (χ4v) is 4.37. The van der Waals surface area contributed by atoms with Gasteiger partial charge in [0, 0.05) is 13.1 Å². The summed E-state index contributed by atoms with van der Waals surface area (Å²) in [5, 5.41) is 5.01. The van der Waals surface area contributed by atoms with Crippen LogP contribution in [0, 0.1) is 0 Å². The number of carbonyl (C=O) groups is 2. The largest absolute Gasteiger partial charge is 0.497 e. The molecule has 1 atom stereocenters. The monoisotopic (exact) mass is 526 g/mol. The van der Waals surface area contributed by atoms with Crippen LogP contribution < -0.4 is 14.8 Å². The number of hydrogen-bond donors (Lipinski definition) is 1. The third kappa shape index (κ3) is 6.29. The van der Waals surface area contributed by atoms with E-state index in [0.29, 0.717) is 25.3 Å². The SMILES string of the molecule is CCCNC(=O)[C@H](CC)N(Cc1ccc(OC)cc1)C(=O)COc1ccc2ccccc2c1Br. The molecule has 0 aliphatic heterocycles. The summed E-state index contributed by atoms with van der Waals surface area (Å²) in [5.41, 5.74) is 0.905. The number of carbonyl (C=O) groups excluding carboxylic acids is 2. The van der Waals surface area contributed by atoms with E-state index in [1.807, 2.05) is 74.5 Å². The first-order chi connectivity index (χ1) is 16.5. The highest BCUT2D eigenvalue weighted by molar-refractivity contribution is 9.10. The van der Waals surface area contributed by atoms with Gasteiger partial charge in [-0.15, -0.1) is 0 Å². The fraction of sp³-hybridized carbons (Fsp3) is 0.333. The number of fused-ring (bicyclic) bond motifs is 1. The van der Waals surface area contributed by atoms with Gasteiger partial charge in [-0.3, -0.25) is 9.59 Å². The first-order valence-corrected chi connectivity index (χ1v) is 12.3. The molecule has 3 aromatic carbocycles. The lowest BCUT2D eigenvalue weighted by atomic mass is 10.1. The van der Waals surface area contributed by atoms with Crippen molar-refractivity contribution in [2.24, 2.45) is 0 Å². The van der Waals surface area contributed by atoms with Gasteiger partial charge >= 0.3 is 0 Å². The van der Waals surface area contributed by atoms with E-state index in [-0.39, 0.29) is 18.4 Å². The minimum Gasteiger partial charge on any atom is -0.497 e. The molecule has 34 heavy (non-hydrogen) atoms. The Morgan fingerprint density at radius 2 is 1.76 bits per heavy atom. The van der Waals surface area contributed by atoms with Crippen LogP contribution in [0.1, 0.15) is 32.3 Å². The molecule has 0 aromatic heterocycles.